The maximum Gasteiger partial charge on any atom is 0.0713 e. The maximum absolute atomic E-state index is 6.26. The number of hydrogen-bond donors (Lipinski definition) is 1. The van der Waals surface area contributed by atoms with Crippen LogP contribution in [0.2, 0.25) is 0 Å². The number of anilines is 1. The van der Waals surface area contributed by atoms with Crippen molar-refractivity contribution in [2.45, 2.75) is 20.8 Å². The Bertz CT molecular complexity index is 800. The molecule has 0 amide bonds. The third-order valence-corrected chi connectivity index (χ3v) is 3.96. The highest BCUT2D eigenvalue weighted by molar-refractivity contribution is 5.81. The van der Waals surface area contributed by atoms with Gasteiger partial charge in [-0.1, -0.05) is 59.7 Å². The number of rotatable bonds is 2. The number of hydrogen-bond acceptors (Lipinski definition) is 2. The molecule has 1 heterocycles. The monoisotopic (exact) mass is 288 g/mol. The molecule has 2 heteroatoms. The standard InChI is InChI=1S/C20H20N2/c1-13-4-8-16(9-5-13)18-12-19(22-15(3)20(18)21)17-10-6-14(2)7-11-17/h4-12H,21H2,1-3H3. The lowest BCUT2D eigenvalue weighted by molar-refractivity contribution is 1.21. The summed E-state index contributed by atoms with van der Waals surface area (Å²) in [6.45, 7) is 6.14. The molecule has 22 heavy (non-hydrogen) atoms. The molecule has 0 radical (unpaired) electrons. The zero-order valence-electron chi connectivity index (χ0n) is 13.2. The third kappa shape index (κ3) is 2.73. The summed E-state index contributed by atoms with van der Waals surface area (Å²) in [5.41, 5.74) is 14.6. The maximum atomic E-state index is 6.26. The molecule has 0 bridgehead atoms. The molecule has 3 rings (SSSR count). The Hall–Kier alpha value is -2.61. The lowest BCUT2D eigenvalue weighted by atomic mass is 9.99. The topological polar surface area (TPSA) is 38.9 Å². The van der Waals surface area contributed by atoms with Crippen molar-refractivity contribution in [2.75, 3.05) is 5.73 Å². The molecule has 2 aromatic carbocycles. The SMILES string of the molecule is Cc1ccc(-c2cc(-c3ccc(C)cc3)c(N)c(C)n2)cc1. The average Bonchev–Trinajstić information content (AvgIpc) is 2.52. The summed E-state index contributed by atoms with van der Waals surface area (Å²) < 4.78 is 0. The molecule has 0 unspecified atom stereocenters. The zero-order valence-corrected chi connectivity index (χ0v) is 13.2. The number of aromatic nitrogens is 1. The van der Waals surface area contributed by atoms with Gasteiger partial charge in [-0.3, -0.25) is 4.98 Å². The van der Waals surface area contributed by atoms with Gasteiger partial charge in [0.15, 0.2) is 0 Å². The van der Waals surface area contributed by atoms with E-state index < -0.39 is 0 Å². The number of aryl methyl sites for hydroxylation is 3. The molecule has 0 aliphatic carbocycles. The molecule has 1 aromatic heterocycles. The third-order valence-electron chi connectivity index (χ3n) is 3.96. The van der Waals surface area contributed by atoms with Crippen molar-refractivity contribution in [1.29, 1.82) is 0 Å². The van der Waals surface area contributed by atoms with Gasteiger partial charge in [0.1, 0.15) is 0 Å². The number of nitrogens with zero attached hydrogens (tertiary/aromatic N) is 1. The molecule has 0 saturated carbocycles. The van der Waals surface area contributed by atoms with Gasteiger partial charge in [0.25, 0.3) is 0 Å². The number of benzene rings is 2. The summed E-state index contributed by atoms with van der Waals surface area (Å²) in [6.07, 6.45) is 0. The van der Waals surface area contributed by atoms with Crippen LogP contribution >= 0.6 is 0 Å². The van der Waals surface area contributed by atoms with Crippen molar-refractivity contribution in [1.82, 2.24) is 4.98 Å². The molecule has 0 aliphatic rings. The second-order valence-electron chi connectivity index (χ2n) is 5.79. The number of nitrogen functional groups attached to an aromatic ring is 1. The predicted octanol–water partition coefficient (Wildman–Crippen LogP) is 4.92. The van der Waals surface area contributed by atoms with Gasteiger partial charge in [0.2, 0.25) is 0 Å². The fraction of sp³-hybridized carbons (Fsp3) is 0.150. The lowest BCUT2D eigenvalue weighted by Gasteiger charge is -2.12. The highest BCUT2D eigenvalue weighted by Gasteiger charge is 2.10. The van der Waals surface area contributed by atoms with Gasteiger partial charge >= 0.3 is 0 Å². The Morgan fingerprint density at radius 3 is 1.77 bits per heavy atom. The van der Waals surface area contributed by atoms with Gasteiger partial charge in [0, 0.05) is 11.1 Å². The first kappa shape index (κ1) is 14.3. The molecular weight excluding hydrogens is 268 g/mol. The highest BCUT2D eigenvalue weighted by atomic mass is 14.8. The van der Waals surface area contributed by atoms with Crippen LogP contribution in [0, 0.1) is 20.8 Å². The summed E-state index contributed by atoms with van der Waals surface area (Å²) in [4.78, 5) is 4.65. The molecule has 0 atom stereocenters. The van der Waals surface area contributed by atoms with E-state index in [1.54, 1.807) is 0 Å². The van der Waals surface area contributed by atoms with E-state index in [9.17, 15) is 0 Å². The Balaban J connectivity index is 2.14. The molecule has 0 spiro atoms. The van der Waals surface area contributed by atoms with E-state index in [-0.39, 0.29) is 0 Å². The molecule has 0 saturated heterocycles. The predicted molar refractivity (Wildman–Crippen MR) is 93.7 cm³/mol. The van der Waals surface area contributed by atoms with Gasteiger partial charge in [-0.05, 0) is 32.4 Å². The summed E-state index contributed by atoms with van der Waals surface area (Å²) in [6, 6.07) is 18.9. The van der Waals surface area contributed by atoms with Gasteiger partial charge in [0.05, 0.1) is 17.1 Å². The molecule has 0 fully saturated rings. The van der Waals surface area contributed by atoms with E-state index >= 15 is 0 Å². The van der Waals surface area contributed by atoms with E-state index in [4.69, 9.17) is 5.73 Å². The molecule has 0 aliphatic heterocycles. The zero-order chi connectivity index (χ0) is 15.7. The summed E-state index contributed by atoms with van der Waals surface area (Å²) in [5, 5.41) is 0. The largest absolute Gasteiger partial charge is 0.397 e. The fourth-order valence-corrected chi connectivity index (χ4v) is 2.53. The van der Waals surface area contributed by atoms with Gasteiger partial charge in [-0.25, -0.2) is 0 Å². The van der Waals surface area contributed by atoms with E-state index in [0.29, 0.717) is 0 Å². The van der Waals surface area contributed by atoms with E-state index in [1.807, 2.05) is 6.92 Å². The van der Waals surface area contributed by atoms with Crippen molar-refractivity contribution in [3.05, 3.63) is 71.4 Å². The molecule has 110 valence electrons. The Kier molecular flexibility index (Phi) is 3.68. The lowest BCUT2D eigenvalue weighted by Crippen LogP contribution is -1.99. The normalized spacial score (nSPS) is 10.7. The van der Waals surface area contributed by atoms with Crippen molar-refractivity contribution >= 4 is 5.69 Å². The van der Waals surface area contributed by atoms with Crippen LogP contribution in [-0.2, 0) is 0 Å². The van der Waals surface area contributed by atoms with Crippen LogP contribution in [0.1, 0.15) is 16.8 Å². The smallest absolute Gasteiger partial charge is 0.0713 e. The number of nitrogens with two attached hydrogens (primary N) is 1. The Labute approximate surface area is 131 Å². The fourth-order valence-electron chi connectivity index (χ4n) is 2.53. The summed E-state index contributed by atoms with van der Waals surface area (Å²) >= 11 is 0. The first-order valence-electron chi connectivity index (χ1n) is 7.46. The van der Waals surface area contributed by atoms with Gasteiger partial charge < -0.3 is 5.73 Å². The highest BCUT2D eigenvalue weighted by Crippen LogP contribution is 2.32. The molecule has 3 aromatic rings. The van der Waals surface area contributed by atoms with Crippen molar-refractivity contribution in [2.24, 2.45) is 0 Å². The molecule has 2 nitrogen and oxygen atoms in total. The van der Waals surface area contributed by atoms with Crippen LogP contribution in [0.15, 0.2) is 54.6 Å². The number of pyridine rings is 1. The van der Waals surface area contributed by atoms with E-state index in [1.165, 1.54) is 11.1 Å². The first-order chi connectivity index (χ1) is 10.5. The van der Waals surface area contributed by atoms with Crippen LogP contribution in [0.5, 0.6) is 0 Å². The van der Waals surface area contributed by atoms with Gasteiger partial charge in [-0.2, -0.15) is 0 Å². The van der Waals surface area contributed by atoms with Crippen LogP contribution < -0.4 is 5.73 Å². The second-order valence-corrected chi connectivity index (χ2v) is 5.79. The minimum atomic E-state index is 0.750. The minimum absolute atomic E-state index is 0.750. The van der Waals surface area contributed by atoms with Crippen LogP contribution in [0.25, 0.3) is 22.4 Å². The Morgan fingerprint density at radius 1 is 0.727 bits per heavy atom. The van der Waals surface area contributed by atoms with Crippen LogP contribution in [0.3, 0.4) is 0 Å². The molecular formula is C20H20N2. The van der Waals surface area contributed by atoms with Crippen molar-refractivity contribution in [3.63, 3.8) is 0 Å². The van der Waals surface area contributed by atoms with Crippen molar-refractivity contribution in [3.8, 4) is 22.4 Å². The second kappa shape index (κ2) is 5.64. The average molecular weight is 288 g/mol. The summed E-state index contributed by atoms with van der Waals surface area (Å²) in [7, 11) is 0. The van der Waals surface area contributed by atoms with E-state index in [0.717, 1.165) is 33.8 Å². The van der Waals surface area contributed by atoms with Gasteiger partial charge in [-0.15, -0.1) is 0 Å². The van der Waals surface area contributed by atoms with Crippen molar-refractivity contribution < 1.29 is 0 Å². The van der Waals surface area contributed by atoms with Crippen LogP contribution in [-0.4, -0.2) is 4.98 Å². The summed E-state index contributed by atoms with van der Waals surface area (Å²) in [5.74, 6) is 0. The first-order valence-corrected chi connectivity index (χ1v) is 7.46. The van der Waals surface area contributed by atoms with Crippen LogP contribution in [0.4, 0.5) is 5.69 Å². The quantitative estimate of drug-likeness (QED) is 0.726. The van der Waals surface area contributed by atoms with E-state index in [2.05, 4.69) is 73.4 Å². The Morgan fingerprint density at radius 2 is 1.23 bits per heavy atom. The molecule has 2 N–H and O–H groups in total. The minimum Gasteiger partial charge on any atom is -0.397 e.